The number of carbonyl (C=O) groups is 2. The van der Waals surface area contributed by atoms with Crippen LogP contribution in [0, 0.1) is 5.82 Å². The van der Waals surface area contributed by atoms with Crippen molar-refractivity contribution in [3.8, 4) is 0 Å². The van der Waals surface area contributed by atoms with E-state index in [2.05, 4.69) is 4.74 Å². The van der Waals surface area contributed by atoms with E-state index in [1.807, 2.05) is 0 Å². The van der Waals surface area contributed by atoms with Crippen LogP contribution in [0.4, 0.5) is 17.6 Å². The van der Waals surface area contributed by atoms with Gasteiger partial charge in [0.05, 0.1) is 12.2 Å². The van der Waals surface area contributed by atoms with Gasteiger partial charge in [-0.15, -0.1) is 0 Å². The van der Waals surface area contributed by atoms with Crippen molar-refractivity contribution >= 4 is 11.9 Å². The van der Waals surface area contributed by atoms with Gasteiger partial charge in [0, 0.05) is 13.6 Å². The van der Waals surface area contributed by atoms with Gasteiger partial charge < -0.3 is 14.4 Å². The largest absolute Gasteiger partial charge is 0.452 e. The Morgan fingerprint density at radius 2 is 1.72 bits per heavy atom. The highest BCUT2D eigenvalue weighted by atomic mass is 19.4. The molecule has 2 aromatic rings. The second kappa shape index (κ2) is 10.0. The van der Waals surface area contributed by atoms with Crippen LogP contribution < -0.4 is 0 Å². The first-order valence-corrected chi connectivity index (χ1v) is 8.53. The van der Waals surface area contributed by atoms with Crippen LogP contribution in [-0.4, -0.2) is 43.2 Å². The third-order valence-electron chi connectivity index (χ3n) is 3.79. The van der Waals surface area contributed by atoms with Crippen molar-refractivity contribution in [1.82, 2.24) is 4.90 Å². The SMILES string of the molecule is CN(Cc1cccc(F)c1)C(=O)COC(=O)c1ccc(COCC(F)(F)F)cc1. The Hall–Kier alpha value is -2.94. The number of hydrogen-bond acceptors (Lipinski definition) is 4. The van der Waals surface area contributed by atoms with E-state index in [0.717, 1.165) is 0 Å². The molecule has 0 saturated heterocycles. The van der Waals surface area contributed by atoms with Gasteiger partial charge in [-0.1, -0.05) is 24.3 Å². The van der Waals surface area contributed by atoms with Crippen molar-refractivity contribution in [2.45, 2.75) is 19.3 Å². The number of likely N-dealkylation sites (N-methyl/N-ethyl adjacent to an activating group) is 1. The Bertz CT molecular complexity index is 837. The predicted molar refractivity (Wildman–Crippen MR) is 95.3 cm³/mol. The van der Waals surface area contributed by atoms with Crippen LogP contribution in [0.15, 0.2) is 48.5 Å². The van der Waals surface area contributed by atoms with Gasteiger partial charge in [0.2, 0.25) is 0 Å². The van der Waals surface area contributed by atoms with Crippen LogP contribution >= 0.6 is 0 Å². The number of carbonyl (C=O) groups excluding carboxylic acids is 2. The Labute approximate surface area is 164 Å². The minimum absolute atomic E-state index is 0.144. The molecule has 0 unspecified atom stereocenters. The monoisotopic (exact) mass is 413 g/mol. The maximum absolute atomic E-state index is 13.2. The second-order valence-corrected chi connectivity index (χ2v) is 6.26. The summed E-state index contributed by atoms with van der Waals surface area (Å²) in [6.07, 6.45) is -4.40. The molecule has 2 aromatic carbocycles. The third-order valence-corrected chi connectivity index (χ3v) is 3.79. The Balaban J connectivity index is 1.79. The lowest BCUT2D eigenvalue weighted by atomic mass is 10.1. The molecule has 0 heterocycles. The molecule has 0 spiro atoms. The fourth-order valence-corrected chi connectivity index (χ4v) is 2.34. The average Bonchev–Trinajstić information content (AvgIpc) is 2.65. The number of hydrogen-bond donors (Lipinski definition) is 0. The van der Waals surface area contributed by atoms with E-state index in [-0.39, 0.29) is 18.7 Å². The van der Waals surface area contributed by atoms with Crippen LogP contribution in [0.5, 0.6) is 0 Å². The standard InChI is InChI=1S/C20H19F4NO4/c1-25(10-15-3-2-4-17(21)9-15)18(26)12-29-19(27)16-7-5-14(6-8-16)11-28-13-20(22,23)24/h2-9H,10-13H2,1H3. The Morgan fingerprint density at radius 3 is 2.34 bits per heavy atom. The summed E-state index contributed by atoms with van der Waals surface area (Å²) in [5.41, 5.74) is 1.19. The molecule has 0 atom stereocenters. The zero-order valence-corrected chi connectivity index (χ0v) is 15.5. The lowest BCUT2D eigenvalue weighted by molar-refractivity contribution is -0.176. The fourth-order valence-electron chi connectivity index (χ4n) is 2.34. The van der Waals surface area contributed by atoms with Crippen molar-refractivity contribution in [2.75, 3.05) is 20.3 Å². The van der Waals surface area contributed by atoms with Crippen molar-refractivity contribution in [1.29, 1.82) is 0 Å². The highest BCUT2D eigenvalue weighted by Crippen LogP contribution is 2.16. The predicted octanol–water partition coefficient (Wildman–Crippen LogP) is 3.72. The van der Waals surface area contributed by atoms with Crippen LogP contribution in [0.25, 0.3) is 0 Å². The zero-order valence-electron chi connectivity index (χ0n) is 15.5. The third kappa shape index (κ3) is 7.90. The average molecular weight is 413 g/mol. The summed E-state index contributed by atoms with van der Waals surface area (Å²) in [7, 11) is 1.50. The maximum atomic E-state index is 13.2. The number of esters is 1. The molecule has 0 bridgehead atoms. The van der Waals surface area contributed by atoms with Crippen LogP contribution in [0.3, 0.4) is 0 Å². The highest BCUT2D eigenvalue weighted by Gasteiger charge is 2.27. The van der Waals surface area contributed by atoms with Gasteiger partial charge in [0.15, 0.2) is 6.61 Å². The summed E-state index contributed by atoms with van der Waals surface area (Å²) in [6.45, 7) is -1.96. The molecule has 0 N–H and O–H groups in total. The quantitative estimate of drug-likeness (QED) is 0.489. The Kier molecular flexibility index (Phi) is 7.72. The van der Waals surface area contributed by atoms with Crippen molar-refractivity contribution < 1.29 is 36.6 Å². The number of rotatable bonds is 8. The fraction of sp³-hybridized carbons (Fsp3) is 0.300. The summed E-state index contributed by atoms with van der Waals surface area (Å²) >= 11 is 0. The molecule has 9 heteroatoms. The first kappa shape index (κ1) is 22.4. The highest BCUT2D eigenvalue weighted by molar-refractivity contribution is 5.91. The van der Waals surface area contributed by atoms with Gasteiger partial charge in [-0.3, -0.25) is 4.79 Å². The van der Waals surface area contributed by atoms with Crippen molar-refractivity contribution in [2.24, 2.45) is 0 Å². The molecule has 2 rings (SSSR count). The molecule has 0 saturated carbocycles. The van der Waals surface area contributed by atoms with Gasteiger partial charge >= 0.3 is 12.1 Å². The van der Waals surface area contributed by atoms with Gasteiger partial charge in [-0.2, -0.15) is 13.2 Å². The number of amides is 1. The minimum Gasteiger partial charge on any atom is -0.452 e. The van der Waals surface area contributed by atoms with Crippen LogP contribution in [-0.2, 0) is 27.4 Å². The summed E-state index contributed by atoms with van der Waals surface area (Å²) < 4.78 is 58.8. The second-order valence-electron chi connectivity index (χ2n) is 6.26. The Morgan fingerprint density at radius 1 is 1.03 bits per heavy atom. The number of ether oxygens (including phenoxy) is 2. The first-order chi connectivity index (χ1) is 13.6. The molecule has 0 aliphatic rings. The van der Waals surface area contributed by atoms with Gasteiger partial charge in [-0.25, -0.2) is 9.18 Å². The maximum Gasteiger partial charge on any atom is 0.411 e. The van der Waals surface area contributed by atoms with Gasteiger partial charge in [-0.05, 0) is 35.4 Å². The molecule has 156 valence electrons. The van der Waals surface area contributed by atoms with Crippen molar-refractivity contribution in [3.05, 3.63) is 71.0 Å². The van der Waals surface area contributed by atoms with E-state index in [0.29, 0.717) is 11.1 Å². The molecular weight excluding hydrogens is 394 g/mol. The topological polar surface area (TPSA) is 55.8 Å². The summed E-state index contributed by atoms with van der Waals surface area (Å²) in [5.74, 6) is -1.64. The molecule has 0 radical (unpaired) electrons. The molecule has 29 heavy (non-hydrogen) atoms. The summed E-state index contributed by atoms with van der Waals surface area (Å²) in [5, 5.41) is 0. The number of alkyl halides is 3. The minimum atomic E-state index is -4.40. The van der Waals surface area contributed by atoms with Crippen LogP contribution in [0.2, 0.25) is 0 Å². The van der Waals surface area contributed by atoms with E-state index in [9.17, 15) is 27.2 Å². The van der Waals surface area contributed by atoms with Gasteiger partial charge in [0.1, 0.15) is 12.4 Å². The number of nitrogens with zero attached hydrogens (tertiary/aromatic N) is 1. The number of benzene rings is 2. The first-order valence-electron chi connectivity index (χ1n) is 8.53. The zero-order chi connectivity index (χ0) is 21.4. The normalized spacial score (nSPS) is 11.2. The van der Waals surface area contributed by atoms with E-state index < -0.39 is 37.1 Å². The lowest BCUT2D eigenvalue weighted by Crippen LogP contribution is -2.30. The summed E-state index contributed by atoms with van der Waals surface area (Å²) in [6, 6.07) is 11.4. The summed E-state index contributed by atoms with van der Waals surface area (Å²) in [4.78, 5) is 25.4. The van der Waals surface area contributed by atoms with E-state index in [1.54, 1.807) is 6.07 Å². The lowest BCUT2D eigenvalue weighted by Gasteiger charge is -2.17. The molecule has 1 amide bonds. The molecule has 0 aliphatic heterocycles. The van der Waals surface area contributed by atoms with E-state index >= 15 is 0 Å². The van der Waals surface area contributed by atoms with E-state index in [4.69, 9.17) is 4.74 Å². The number of halogens is 4. The molecular formula is C20H19F4NO4. The molecule has 5 nitrogen and oxygen atoms in total. The van der Waals surface area contributed by atoms with Crippen molar-refractivity contribution in [3.63, 3.8) is 0 Å². The van der Waals surface area contributed by atoms with Crippen LogP contribution in [0.1, 0.15) is 21.5 Å². The molecule has 0 aliphatic carbocycles. The molecule has 0 fully saturated rings. The van der Waals surface area contributed by atoms with Gasteiger partial charge in [0.25, 0.3) is 5.91 Å². The van der Waals surface area contributed by atoms with E-state index in [1.165, 1.54) is 54.4 Å². The smallest absolute Gasteiger partial charge is 0.411 e. The molecule has 0 aromatic heterocycles.